The molecule has 0 radical (unpaired) electrons. The molecule has 41 heavy (non-hydrogen) atoms. The zero-order valence-electron chi connectivity index (χ0n) is 23.6. The van der Waals surface area contributed by atoms with Crippen LogP contribution in [0.4, 0.5) is 24.5 Å². The second-order valence-electron chi connectivity index (χ2n) is 11.4. The Hall–Kier alpha value is -3.69. The molecule has 1 saturated carbocycles. The van der Waals surface area contributed by atoms with Crippen molar-refractivity contribution in [1.82, 2.24) is 5.32 Å². The van der Waals surface area contributed by atoms with Crippen molar-refractivity contribution in [1.29, 1.82) is 0 Å². The Labute approximate surface area is 238 Å². The second kappa shape index (κ2) is 10.3. The summed E-state index contributed by atoms with van der Waals surface area (Å²) < 4.78 is 54.5. The number of allylic oxidation sites excluding steroid dienone is 1. The largest absolute Gasteiger partial charge is 0.497 e. The highest BCUT2D eigenvalue weighted by atomic mass is 19.4. The summed E-state index contributed by atoms with van der Waals surface area (Å²) in [5.41, 5.74) is 3.44. The predicted octanol–water partition coefficient (Wildman–Crippen LogP) is 5.92. The van der Waals surface area contributed by atoms with Crippen molar-refractivity contribution in [2.24, 2.45) is 11.0 Å². The number of hydrogen-bond acceptors (Lipinski definition) is 6. The number of nitrogens with one attached hydrogen (secondary N) is 1. The van der Waals surface area contributed by atoms with Crippen LogP contribution in [0.25, 0.3) is 0 Å². The van der Waals surface area contributed by atoms with Gasteiger partial charge in [-0.05, 0) is 85.9 Å². The molecule has 1 spiro atoms. The number of nitrogens with zero attached hydrogens (tertiary/aromatic N) is 3. The molecule has 2 heterocycles. The first-order valence-electron chi connectivity index (χ1n) is 14.2. The van der Waals surface area contributed by atoms with E-state index < -0.39 is 17.3 Å². The number of benzene rings is 2. The van der Waals surface area contributed by atoms with Crippen LogP contribution in [-0.2, 0) is 11.0 Å². The number of halogens is 3. The maximum atomic E-state index is 14.5. The van der Waals surface area contributed by atoms with E-state index in [2.05, 4.69) is 10.2 Å². The van der Waals surface area contributed by atoms with E-state index >= 15 is 0 Å². The van der Waals surface area contributed by atoms with Crippen LogP contribution in [0.1, 0.15) is 56.1 Å². The van der Waals surface area contributed by atoms with Crippen molar-refractivity contribution in [2.45, 2.75) is 56.7 Å². The zero-order valence-corrected chi connectivity index (χ0v) is 23.6. The lowest BCUT2D eigenvalue weighted by Crippen LogP contribution is -2.47. The number of anilines is 2. The van der Waals surface area contributed by atoms with Crippen LogP contribution in [-0.4, -0.2) is 51.5 Å². The van der Waals surface area contributed by atoms with Crippen LogP contribution in [0, 0.1) is 5.92 Å². The van der Waals surface area contributed by atoms with E-state index in [0.29, 0.717) is 42.6 Å². The average Bonchev–Trinajstić information content (AvgIpc) is 3.56. The molecule has 1 N–H and O–H groups in total. The summed E-state index contributed by atoms with van der Waals surface area (Å²) in [6.07, 6.45) is 0.882. The van der Waals surface area contributed by atoms with Crippen LogP contribution in [0.5, 0.6) is 11.5 Å². The Morgan fingerprint density at radius 1 is 1.07 bits per heavy atom. The molecular weight excluding hydrogens is 533 g/mol. The quantitative estimate of drug-likeness (QED) is 0.428. The van der Waals surface area contributed by atoms with Gasteiger partial charge in [0.2, 0.25) is 5.91 Å². The van der Waals surface area contributed by atoms with E-state index in [1.165, 1.54) is 11.6 Å². The molecule has 2 aliphatic heterocycles. The standard InChI is InChI=1S/C31H35F3N4O3/c1-35-28(39)10-7-19-17-37(18-19)21-8-9-26(31(32,33)34)27(15-21)38-30(11-12-30)25-6-4-5-24(25)29(36-38)20-13-22(40-2)16-23(14-20)41-3/h8-9,13-16,19H,4-7,10-12,17-18H2,1-3H3,(H,35,39). The Kier molecular flexibility index (Phi) is 6.90. The van der Waals surface area contributed by atoms with Crippen LogP contribution < -0.4 is 24.7 Å². The van der Waals surface area contributed by atoms with Gasteiger partial charge in [-0.2, -0.15) is 18.3 Å². The Bertz CT molecular complexity index is 1400. The number of ether oxygens (including phenoxy) is 2. The molecule has 4 aliphatic rings. The molecular formula is C31H35F3N4O3. The molecule has 0 atom stereocenters. The summed E-state index contributed by atoms with van der Waals surface area (Å²) in [5.74, 6) is 1.54. The fraction of sp³-hybridized carbons (Fsp3) is 0.484. The van der Waals surface area contributed by atoms with Crippen molar-refractivity contribution in [2.75, 3.05) is 44.3 Å². The van der Waals surface area contributed by atoms with E-state index in [1.54, 1.807) is 44.5 Å². The molecule has 1 saturated heterocycles. The van der Waals surface area contributed by atoms with Gasteiger partial charge < -0.3 is 19.7 Å². The number of carbonyl (C=O) groups is 1. The van der Waals surface area contributed by atoms with Crippen LogP contribution >= 0.6 is 0 Å². The first-order valence-corrected chi connectivity index (χ1v) is 14.2. The highest BCUT2D eigenvalue weighted by molar-refractivity contribution is 6.15. The number of fused-ring (bicyclic) bond motifs is 1. The lowest BCUT2D eigenvalue weighted by molar-refractivity contribution is -0.137. The molecule has 218 valence electrons. The van der Waals surface area contributed by atoms with Gasteiger partial charge >= 0.3 is 6.18 Å². The summed E-state index contributed by atoms with van der Waals surface area (Å²) in [6, 6.07) is 9.92. The minimum absolute atomic E-state index is 0.00278. The minimum Gasteiger partial charge on any atom is -0.497 e. The summed E-state index contributed by atoms with van der Waals surface area (Å²) in [5, 5.41) is 9.35. The lowest BCUT2D eigenvalue weighted by atomic mass is 9.91. The van der Waals surface area contributed by atoms with Gasteiger partial charge in [0.25, 0.3) is 0 Å². The lowest BCUT2D eigenvalue weighted by Gasteiger charge is -2.42. The van der Waals surface area contributed by atoms with Gasteiger partial charge in [-0.3, -0.25) is 9.80 Å². The third-order valence-corrected chi connectivity index (χ3v) is 8.92. The van der Waals surface area contributed by atoms with E-state index in [1.807, 2.05) is 12.1 Å². The number of methoxy groups -OCH3 is 2. The first kappa shape index (κ1) is 27.5. The molecule has 7 nitrogen and oxygen atoms in total. The maximum Gasteiger partial charge on any atom is 0.418 e. The Balaban J connectivity index is 1.40. The number of hydrogen-bond donors (Lipinski definition) is 1. The molecule has 2 fully saturated rings. The summed E-state index contributed by atoms with van der Waals surface area (Å²) in [7, 11) is 4.77. The van der Waals surface area contributed by atoms with E-state index in [-0.39, 0.29) is 11.6 Å². The second-order valence-corrected chi connectivity index (χ2v) is 11.4. The number of rotatable bonds is 8. The van der Waals surface area contributed by atoms with Gasteiger partial charge in [0, 0.05) is 43.9 Å². The SMILES string of the molecule is CNC(=O)CCC1CN(c2ccc(C(F)(F)F)c(N3N=C(c4cc(OC)cc(OC)c4)C4=C(CCC4)C34CC4)c2)C1. The van der Waals surface area contributed by atoms with Crippen molar-refractivity contribution in [3.05, 3.63) is 58.7 Å². The molecule has 0 bridgehead atoms. The molecule has 10 heteroatoms. The summed E-state index contributed by atoms with van der Waals surface area (Å²) in [6.45, 7) is 1.42. The van der Waals surface area contributed by atoms with Gasteiger partial charge in [0.15, 0.2) is 0 Å². The molecule has 2 aromatic rings. The van der Waals surface area contributed by atoms with Crippen molar-refractivity contribution in [3.63, 3.8) is 0 Å². The highest BCUT2D eigenvalue weighted by Gasteiger charge is 2.57. The van der Waals surface area contributed by atoms with Gasteiger partial charge in [-0.15, -0.1) is 0 Å². The van der Waals surface area contributed by atoms with Crippen LogP contribution in [0.3, 0.4) is 0 Å². The number of alkyl halides is 3. The topological polar surface area (TPSA) is 66.4 Å². The number of amides is 1. The van der Waals surface area contributed by atoms with E-state index in [9.17, 15) is 18.0 Å². The van der Waals surface area contributed by atoms with Crippen molar-refractivity contribution >= 4 is 23.0 Å². The van der Waals surface area contributed by atoms with Gasteiger partial charge in [-0.1, -0.05) is 0 Å². The Morgan fingerprint density at radius 3 is 2.39 bits per heavy atom. The molecule has 1 amide bonds. The fourth-order valence-corrected chi connectivity index (χ4v) is 6.55. The predicted molar refractivity (Wildman–Crippen MR) is 152 cm³/mol. The smallest absolute Gasteiger partial charge is 0.418 e. The van der Waals surface area contributed by atoms with Crippen LogP contribution in [0.2, 0.25) is 0 Å². The monoisotopic (exact) mass is 568 g/mol. The Morgan fingerprint density at radius 2 is 1.78 bits per heavy atom. The molecule has 0 unspecified atom stereocenters. The number of hydrazone groups is 1. The average molecular weight is 569 g/mol. The zero-order chi connectivity index (χ0) is 28.9. The van der Waals surface area contributed by atoms with Crippen molar-refractivity contribution in [3.8, 4) is 11.5 Å². The van der Waals surface area contributed by atoms with Crippen molar-refractivity contribution < 1.29 is 27.4 Å². The van der Waals surface area contributed by atoms with Gasteiger partial charge in [-0.25, -0.2) is 0 Å². The van der Waals surface area contributed by atoms with Gasteiger partial charge in [0.05, 0.1) is 36.7 Å². The minimum atomic E-state index is -4.53. The van der Waals surface area contributed by atoms with Crippen LogP contribution in [0.15, 0.2) is 52.6 Å². The van der Waals surface area contributed by atoms with E-state index in [4.69, 9.17) is 14.6 Å². The molecule has 6 rings (SSSR count). The first-order chi connectivity index (χ1) is 19.7. The summed E-state index contributed by atoms with van der Waals surface area (Å²) in [4.78, 5) is 13.7. The number of carbonyl (C=O) groups excluding carboxylic acids is 1. The third-order valence-electron chi connectivity index (χ3n) is 8.92. The summed E-state index contributed by atoms with van der Waals surface area (Å²) >= 11 is 0. The van der Waals surface area contributed by atoms with Gasteiger partial charge in [0.1, 0.15) is 11.5 Å². The highest BCUT2D eigenvalue weighted by Crippen LogP contribution is 2.58. The molecule has 2 aromatic carbocycles. The normalized spacial score (nSPS) is 19.6. The third kappa shape index (κ3) is 4.91. The fourth-order valence-electron chi connectivity index (χ4n) is 6.55. The molecule has 0 aromatic heterocycles. The molecule has 2 aliphatic carbocycles. The van der Waals surface area contributed by atoms with E-state index in [0.717, 1.165) is 55.3 Å². The maximum absolute atomic E-state index is 14.5.